The zero-order valence-electron chi connectivity index (χ0n) is 14.8. The molecule has 0 radical (unpaired) electrons. The number of likely N-dealkylation sites (tertiary alicyclic amines) is 1. The molecule has 2 N–H and O–H groups in total. The number of carbonyl (C=O) groups is 2. The second-order valence-corrected chi connectivity index (χ2v) is 6.19. The predicted molar refractivity (Wildman–Crippen MR) is 100 cm³/mol. The Morgan fingerprint density at radius 3 is 2.65 bits per heavy atom. The molecule has 3 amide bonds. The molecule has 1 aliphatic rings. The standard InChI is InChI=1S/C20H23N3O3/c1-2-26-18-11-7-6-10-17(18)22-20(25)21-16-12-19(24)23(14-16)13-15-8-4-3-5-9-15/h3-11,16H,2,12-14H2,1H3,(H2,21,22,25). The third-order valence-electron chi connectivity index (χ3n) is 4.20. The molecule has 1 aliphatic heterocycles. The Balaban J connectivity index is 1.55. The number of carbonyl (C=O) groups excluding carboxylic acids is 2. The Morgan fingerprint density at radius 2 is 1.88 bits per heavy atom. The maximum absolute atomic E-state index is 12.3. The van der Waals surface area contributed by atoms with Gasteiger partial charge < -0.3 is 20.3 Å². The van der Waals surface area contributed by atoms with E-state index in [-0.39, 0.29) is 18.0 Å². The number of urea groups is 1. The third-order valence-corrected chi connectivity index (χ3v) is 4.20. The van der Waals surface area contributed by atoms with Crippen LogP contribution < -0.4 is 15.4 Å². The van der Waals surface area contributed by atoms with E-state index in [0.717, 1.165) is 5.56 Å². The molecule has 6 heteroatoms. The van der Waals surface area contributed by atoms with Crippen LogP contribution in [0.1, 0.15) is 18.9 Å². The van der Waals surface area contributed by atoms with Gasteiger partial charge in [0.1, 0.15) is 5.75 Å². The number of nitrogens with one attached hydrogen (secondary N) is 2. The van der Waals surface area contributed by atoms with Crippen LogP contribution in [0, 0.1) is 0 Å². The van der Waals surface area contributed by atoms with Crippen LogP contribution in [0.25, 0.3) is 0 Å². The minimum Gasteiger partial charge on any atom is -0.492 e. The van der Waals surface area contributed by atoms with Crippen molar-refractivity contribution >= 4 is 17.6 Å². The number of amides is 3. The van der Waals surface area contributed by atoms with Gasteiger partial charge in [0, 0.05) is 19.5 Å². The summed E-state index contributed by atoms with van der Waals surface area (Å²) in [4.78, 5) is 26.3. The molecule has 1 heterocycles. The molecule has 0 spiro atoms. The van der Waals surface area contributed by atoms with Crippen LogP contribution in [0.15, 0.2) is 54.6 Å². The lowest BCUT2D eigenvalue weighted by Crippen LogP contribution is -2.39. The summed E-state index contributed by atoms with van der Waals surface area (Å²) in [7, 11) is 0. The van der Waals surface area contributed by atoms with E-state index in [2.05, 4.69) is 10.6 Å². The van der Waals surface area contributed by atoms with Crippen molar-refractivity contribution in [3.8, 4) is 5.75 Å². The molecule has 1 saturated heterocycles. The van der Waals surface area contributed by atoms with Crippen molar-refractivity contribution in [1.29, 1.82) is 0 Å². The first-order valence-electron chi connectivity index (χ1n) is 8.76. The molecule has 2 aromatic rings. The Hall–Kier alpha value is -3.02. The summed E-state index contributed by atoms with van der Waals surface area (Å²) in [6, 6.07) is 16.6. The summed E-state index contributed by atoms with van der Waals surface area (Å²) in [6.45, 7) is 3.48. The van der Waals surface area contributed by atoms with Gasteiger partial charge >= 0.3 is 6.03 Å². The van der Waals surface area contributed by atoms with Gasteiger partial charge in [0.15, 0.2) is 0 Å². The zero-order chi connectivity index (χ0) is 18.4. The van der Waals surface area contributed by atoms with Crippen LogP contribution in [-0.2, 0) is 11.3 Å². The van der Waals surface area contributed by atoms with Crippen LogP contribution in [0.5, 0.6) is 5.75 Å². The Bertz CT molecular complexity index is 764. The molecule has 0 aliphatic carbocycles. The van der Waals surface area contributed by atoms with Gasteiger partial charge in [0.2, 0.25) is 5.91 Å². The van der Waals surface area contributed by atoms with Gasteiger partial charge in [-0.3, -0.25) is 4.79 Å². The number of nitrogens with zero attached hydrogens (tertiary/aromatic N) is 1. The van der Waals surface area contributed by atoms with E-state index in [1.165, 1.54) is 0 Å². The lowest BCUT2D eigenvalue weighted by molar-refractivity contribution is -0.128. The number of ether oxygens (including phenoxy) is 1. The van der Waals surface area contributed by atoms with E-state index in [1.807, 2.05) is 49.4 Å². The van der Waals surface area contributed by atoms with Crippen LogP contribution >= 0.6 is 0 Å². The quantitative estimate of drug-likeness (QED) is 0.839. The second-order valence-electron chi connectivity index (χ2n) is 6.19. The Labute approximate surface area is 153 Å². The van der Waals surface area contributed by atoms with Crippen molar-refractivity contribution in [1.82, 2.24) is 10.2 Å². The molecule has 6 nitrogen and oxygen atoms in total. The van der Waals surface area contributed by atoms with E-state index in [9.17, 15) is 9.59 Å². The molecule has 3 rings (SSSR count). The van der Waals surface area contributed by atoms with Crippen molar-refractivity contribution in [2.45, 2.75) is 25.9 Å². The first-order valence-corrected chi connectivity index (χ1v) is 8.76. The molecular weight excluding hydrogens is 330 g/mol. The van der Waals surface area contributed by atoms with E-state index in [0.29, 0.717) is 37.6 Å². The monoisotopic (exact) mass is 353 g/mol. The molecule has 0 aromatic heterocycles. The summed E-state index contributed by atoms with van der Waals surface area (Å²) >= 11 is 0. The SMILES string of the molecule is CCOc1ccccc1NC(=O)NC1CC(=O)N(Cc2ccccc2)C1. The highest BCUT2D eigenvalue weighted by atomic mass is 16.5. The molecule has 1 unspecified atom stereocenters. The maximum Gasteiger partial charge on any atom is 0.319 e. The molecule has 1 atom stereocenters. The summed E-state index contributed by atoms with van der Waals surface area (Å²) in [5.41, 5.74) is 1.69. The summed E-state index contributed by atoms with van der Waals surface area (Å²) in [5, 5.41) is 5.67. The number of para-hydroxylation sites is 2. The lowest BCUT2D eigenvalue weighted by atomic mass is 10.2. The van der Waals surface area contributed by atoms with E-state index < -0.39 is 0 Å². The molecule has 26 heavy (non-hydrogen) atoms. The van der Waals surface area contributed by atoms with Crippen LogP contribution in [0.3, 0.4) is 0 Å². The van der Waals surface area contributed by atoms with Gasteiger partial charge in [0.05, 0.1) is 18.3 Å². The van der Waals surface area contributed by atoms with Gasteiger partial charge in [-0.25, -0.2) is 4.79 Å². The highest BCUT2D eigenvalue weighted by molar-refractivity contribution is 5.92. The number of hydrogen-bond donors (Lipinski definition) is 2. The first kappa shape index (κ1) is 17.8. The minimum atomic E-state index is -0.337. The zero-order valence-corrected chi connectivity index (χ0v) is 14.8. The van der Waals surface area contributed by atoms with Gasteiger partial charge in [-0.2, -0.15) is 0 Å². The highest BCUT2D eigenvalue weighted by Gasteiger charge is 2.30. The minimum absolute atomic E-state index is 0.0499. The number of anilines is 1. The Kier molecular flexibility index (Phi) is 5.73. The molecule has 0 bridgehead atoms. The molecule has 2 aromatic carbocycles. The second kappa shape index (κ2) is 8.38. The number of hydrogen-bond acceptors (Lipinski definition) is 3. The van der Waals surface area contributed by atoms with E-state index in [4.69, 9.17) is 4.74 Å². The third kappa shape index (κ3) is 4.53. The van der Waals surface area contributed by atoms with Crippen molar-refractivity contribution < 1.29 is 14.3 Å². The topological polar surface area (TPSA) is 70.7 Å². The predicted octanol–water partition coefficient (Wildman–Crippen LogP) is 3.01. The fraction of sp³-hybridized carbons (Fsp3) is 0.300. The average molecular weight is 353 g/mol. The van der Waals surface area contributed by atoms with Gasteiger partial charge in [-0.15, -0.1) is 0 Å². The van der Waals surface area contributed by atoms with E-state index in [1.54, 1.807) is 17.0 Å². The van der Waals surface area contributed by atoms with Crippen molar-refractivity contribution in [3.05, 3.63) is 60.2 Å². The van der Waals surface area contributed by atoms with Gasteiger partial charge in [-0.05, 0) is 24.6 Å². The van der Waals surface area contributed by atoms with Crippen molar-refractivity contribution in [2.75, 3.05) is 18.5 Å². The summed E-state index contributed by atoms with van der Waals surface area (Å²) in [6.07, 6.45) is 0.313. The average Bonchev–Trinajstić information content (AvgIpc) is 2.96. The smallest absolute Gasteiger partial charge is 0.319 e. The fourth-order valence-electron chi connectivity index (χ4n) is 3.02. The first-order chi connectivity index (χ1) is 12.7. The lowest BCUT2D eigenvalue weighted by Gasteiger charge is -2.18. The molecule has 0 saturated carbocycles. The summed E-state index contributed by atoms with van der Waals surface area (Å²) < 4.78 is 5.50. The van der Waals surface area contributed by atoms with E-state index >= 15 is 0 Å². The maximum atomic E-state index is 12.3. The number of rotatable bonds is 6. The van der Waals surface area contributed by atoms with Crippen LogP contribution in [-0.4, -0.2) is 36.0 Å². The largest absolute Gasteiger partial charge is 0.492 e. The molecule has 136 valence electrons. The van der Waals surface area contributed by atoms with Crippen molar-refractivity contribution in [3.63, 3.8) is 0 Å². The molecule has 1 fully saturated rings. The van der Waals surface area contributed by atoms with Crippen LogP contribution in [0.2, 0.25) is 0 Å². The Morgan fingerprint density at radius 1 is 1.15 bits per heavy atom. The normalized spacial score (nSPS) is 16.4. The summed E-state index contributed by atoms with van der Waals surface area (Å²) in [5.74, 6) is 0.673. The van der Waals surface area contributed by atoms with Crippen LogP contribution in [0.4, 0.5) is 10.5 Å². The van der Waals surface area contributed by atoms with Gasteiger partial charge in [-0.1, -0.05) is 42.5 Å². The number of benzene rings is 2. The fourth-order valence-corrected chi connectivity index (χ4v) is 3.02. The van der Waals surface area contributed by atoms with Crippen molar-refractivity contribution in [2.24, 2.45) is 0 Å². The van der Waals surface area contributed by atoms with Gasteiger partial charge in [0.25, 0.3) is 0 Å². The molecular formula is C20H23N3O3. The highest BCUT2D eigenvalue weighted by Crippen LogP contribution is 2.23.